The van der Waals surface area contributed by atoms with Crippen molar-refractivity contribution in [3.63, 3.8) is 0 Å². The average molecular weight is 350 g/mol. The van der Waals surface area contributed by atoms with E-state index in [0.29, 0.717) is 5.56 Å². The Morgan fingerprint density at radius 1 is 1.19 bits per heavy atom. The van der Waals surface area contributed by atoms with Crippen molar-refractivity contribution in [1.29, 1.82) is 0 Å². The maximum Gasteiger partial charge on any atom is 0.251 e. The lowest BCUT2D eigenvalue weighted by molar-refractivity contribution is 0.0962. The van der Waals surface area contributed by atoms with E-state index >= 15 is 0 Å². The Hall–Kier alpha value is -2.82. The van der Waals surface area contributed by atoms with Gasteiger partial charge in [-0.15, -0.1) is 0 Å². The van der Waals surface area contributed by atoms with Crippen molar-refractivity contribution in [2.24, 2.45) is 0 Å². The number of amides is 1. The number of carbonyl (C=O) groups is 1. The number of aromatic nitrogens is 2. The molecular weight excluding hydrogens is 324 g/mol. The lowest BCUT2D eigenvalue weighted by Gasteiger charge is -2.16. The second-order valence-electron chi connectivity index (χ2n) is 6.59. The molecule has 5 heteroatoms. The van der Waals surface area contributed by atoms with E-state index in [-0.39, 0.29) is 5.91 Å². The number of aryl methyl sites for hydroxylation is 2. The van der Waals surface area contributed by atoms with Gasteiger partial charge in [0, 0.05) is 42.6 Å². The van der Waals surface area contributed by atoms with Crippen LogP contribution >= 0.6 is 0 Å². The van der Waals surface area contributed by atoms with Gasteiger partial charge in [-0.3, -0.25) is 4.79 Å². The second-order valence-corrected chi connectivity index (χ2v) is 6.59. The third-order valence-corrected chi connectivity index (χ3v) is 4.84. The van der Waals surface area contributed by atoms with Gasteiger partial charge in [-0.1, -0.05) is 19.4 Å². The van der Waals surface area contributed by atoms with Gasteiger partial charge in [0.25, 0.3) is 5.91 Å². The summed E-state index contributed by atoms with van der Waals surface area (Å²) in [7, 11) is 1.65. The summed E-state index contributed by atoms with van der Waals surface area (Å²) in [5.74, 6) is 0.737. The molecule has 0 aliphatic heterocycles. The zero-order chi connectivity index (χ0) is 18.7. The van der Waals surface area contributed by atoms with E-state index in [2.05, 4.69) is 45.4 Å². The van der Waals surface area contributed by atoms with Gasteiger partial charge in [0.2, 0.25) is 0 Å². The average Bonchev–Trinajstić information content (AvgIpc) is 3.06. The van der Waals surface area contributed by atoms with Crippen LogP contribution in [0.3, 0.4) is 0 Å². The third kappa shape index (κ3) is 3.29. The van der Waals surface area contributed by atoms with Crippen molar-refractivity contribution < 1.29 is 4.79 Å². The topological polar surface area (TPSA) is 59.0 Å². The van der Waals surface area contributed by atoms with Crippen LogP contribution in [-0.2, 0) is 6.54 Å². The first-order valence-corrected chi connectivity index (χ1v) is 9.10. The number of nitrogens with one attached hydrogen (secondary N) is 2. The fourth-order valence-electron chi connectivity index (χ4n) is 3.28. The molecule has 1 aromatic carbocycles. The van der Waals surface area contributed by atoms with Crippen molar-refractivity contribution in [3.05, 3.63) is 53.3 Å². The molecule has 0 atom stereocenters. The molecule has 1 amide bonds. The van der Waals surface area contributed by atoms with E-state index in [9.17, 15) is 4.79 Å². The molecule has 0 aliphatic rings. The van der Waals surface area contributed by atoms with Crippen LogP contribution in [-0.4, -0.2) is 22.5 Å². The largest absolute Gasteiger partial charge is 0.355 e. The first kappa shape index (κ1) is 18.0. The smallest absolute Gasteiger partial charge is 0.251 e. The molecule has 136 valence electrons. The number of nitrogens with zero attached hydrogens (tertiary/aromatic N) is 2. The molecule has 3 rings (SSSR count). The van der Waals surface area contributed by atoms with E-state index in [1.165, 1.54) is 11.9 Å². The van der Waals surface area contributed by atoms with E-state index in [1.54, 1.807) is 7.05 Å². The second kappa shape index (κ2) is 7.60. The molecule has 0 unspecified atom stereocenters. The molecular formula is C21H26N4O. The highest BCUT2D eigenvalue weighted by Gasteiger charge is 2.14. The molecule has 3 aromatic rings. The summed E-state index contributed by atoms with van der Waals surface area (Å²) in [5.41, 5.74) is 4.79. The minimum atomic E-state index is -0.0811. The van der Waals surface area contributed by atoms with E-state index < -0.39 is 0 Å². The molecule has 2 aromatic heterocycles. The van der Waals surface area contributed by atoms with E-state index in [0.717, 1.165) is 41.0 Å². The van der Waals surface area contributed by atoms with Gasteiger partial charge in [-0.2, -0.15) is 0 Å². The molecule has 0 radical (unpaired) electrons. The predicted molar refractivity (Wildman–Crippen MR) is 107 cm³/mol. The van der Waals surface area contributed by atoms with Gasteiger partial charge in [-0.25, -0.2) is 4.98 Å². The molecule has 0 fully saturated rings. The fourth-order valence-corrected chi connectivity index (χ4v) is 3.28. The number of unbranched alkanes of at least 4 members (excludes halogenated alkanes) is 1. The summed E-state index contributed by atoms with van der Waals surface area (Å²) in [6, 6.07) is 7.99. The van der Waals surface area contributed by atoms with Crippen LogP contribution in [0.1, 0.15) is 41.3 Å². The fraction of sp³-hybridized carbons (Fsp3) is 0.333. The molecule has 26 heavy (non-hydrogen) atoms. The lowest BCUT2D eigenvalue weighted by atomic mass is 10.0. The summed E-state index contributed by atoms with van der Waals surface area (Å²) in [6.07, 6.45) is 6.27. The minimum Gasteiger partial charge on any atom is -0.355 e. The Kier molecular flexibility index (Phi) is 5.26. The van der Waals surface area contributed by atoms with Crippen LogP contribution in [0.2, 0.25) is 0 Å². The van der Waals surface area contributed by atoms with Gasteiger partial charge < -0.3 is 15.2 Å². The molecule has 2 N–H and O–H groups in total. The Bertz CT molecular complexity index is 943. The standard InChI is InChI=1S/C21H26N4O/c1-5-6-12-25-13-10-17-18(25)9-11-23-20(17)24-19-14(2)7-8-16(15(19)3)21(26)22-4/h7-11,13H,5-6,12H2,1-4H3,(H,22,26)(H,23,24). The maximum absolute atomic E-state index is 12.1. The van der Waals surface area contributed by atoms with Crippen molar-refractivity contribution in [3.8, 4) is 0 Å². The van der Waals surface area contributed by atoms with E-state index in [1.807, 2.05) is 32.2 Å². The van der Waals surface area contributed by atoms with Gasteiger partial charge >= 0.3 is 0 Å². The summed E-state index contributed by atoms with van der Waals surface area (Å²) in [4.78, 5) is 16.7. The van der Waals surface area contributed by atoms with Crippen molar-refractivity contribution in [2.45, 2.75) is 40.2 Å². The Morgan fingerprint density at radius 2 is 2.00 bits per heavy atom. The van der Waals surface area contributed by atoms with Gasteiger partial charge in [0.1, 0.15) is 5.82 Å². The molecule has 0 spiro atoms. The predicted octanol–water partition coefficient (Wildman–Crippen LogP) is 4.56. The monoisotopic (exact) mass is 350 g/mol. The van der Waals surface area contributed by atoms with Gasteiger partial charge in [0.15, 0.2) is 0 Å². The highest BCUT2D eigenvalue weighted by atomic mass is 16.1. The molecule has 0 saturated heterocycles. The Balaban J connectivity index is 2.02. The number of pyridine rings is 1. The third-order valence-electron chi connectivity index (χ3n) is 4.84. The first-order chi connectivity index (χ1) is 12.6. The number of benzene rings is 1. The number of hydrogen-bond donors (Lipinski definition) is 2. The van der Waals surface area contributed by atoms with Crippen molar-refractivity contribution in [1.82, 2.24) is 14.9 Å². The molecule has 5 nitrogen and oxygen atoms in total. The Morgan fingerprint density at radius 3 is 2.73 bits per heavy atom. The SMILES string of the molecule is CCCCn1ccc2c(Nc3c(C)ccc(C(=O)NC)c3C)nccc21. The van der Waals surface area contributed by atoms with Crippen LogP contribution < -0.4 is 10.6 Å². The first-order valence-electron chi connectivity index (χ1n) is 9.10. The maximum atomic E-state index is 12.1. The quantitative estimate of drug-likeness (QED) is 0.685. The van der Waals surface area contributed by atoms with Crippen LogP contribution in [0.4, 0.5) is 11.5 Å². The molecule has 0 saturated carbocycles. The number of hydrogen-bond acceptors (Lipinski definition) is 3. The molecule has 0 bridgehead atoms. The Labute approximate surface area is 154 Å². The zero-order valence-electron chi connectivity index (χ0n) is 15.9. The highest BCUT2D eigenvalue weighted by molar-refractivity contribution is 5.98. The lowest BCUT2D eigenvalue weighted by Crippen LogP contribution is -2.19. The van der Waals surface area contributed by atoms with E-state index in [4.69, 9.17) is 0 Å². The van der Waals surface area contributed by atoms with Gasteiger partial charge in [-0.05, 0) is 49.6 Å². The zero-order valence-corrected chi connectivity index (χ0v) is 15.9. The number of fused-ring (bicyclic) bond motifs is 1. The van der Waals surface area contributed by atoms with Crippen molar-refractivity contribution >= 4 is 28.3 Å². The number of rotatable bonds is 6. The summed E-state index contributed by atoms with van der Waals surface area (Å²) >= 11 is 0. The molecule has 0 aliphatic carbocycles. The van der Waals surface area contributed by atoms with Gasteiger partial charge in [0.05, 0.1) is 5.52 Å². The van der Waals surface area contributed by atoms with Crippen LogP contribution in [0.25, 0.3) is 10.9 Å². The number of anilines is 2. The van der Waals surface area contributed by atoms with Crippen molar-refractivity contribution in [2.75, 3.05) is 12.4 Å². The summed E-state index contributed by atoms with van der Waals surface area (Å²) < 4.78 is 2.27. The van der Waals surface area contributed by atoms with Crippen LogP contribution in [0, 0.1) is 13.8 Å². The normalized spacial score (nSPS) is 10.9. The van der Waals surface area contributed by atoms with Crippen LogP contribution in [0.15, 0.2) is 36.7 Å². The van der Waals surface area contributed by atoms with Crippen LogP contribution in [0.5, 0.6) is 0 Å². The highest BCUT2D eigenvalue weighted by Crippen LogP contribution is 2.30. The summed E-state index contributed by atoms with van der Waals surface area (Å²) in [6.45, 7) is 7.21. The number of carbonyl (C=O) groups excluding carboxylic acids is 1. The summed E-state index contributed by atoms with van der Waals surface area (Å²) in [5, 5.41) is 7.26. The molecule has 2 heterocycles. The minimum absolute atomic E-state index is 0.0811.